The number of rotatable bonds is 5. The van der Waals surface area contributed by atoms with Crippen molar-refractivity contribution in [1.82, 2.24) is 20.0 Å². The molecule has 0 saturated carbocycles. The van der Waals surface area contributed by atoms with E-state index in [9.17, 15) is 9.59 Å². The molecule has 28 heavy (non-hydrogen) atoms. The van der Waals surface area contributed by atoms with Gasteiger partial charge < -0.3 is 20.0 Å². The highest BCUT2D eigenvalue weighted by molar-refractivity contribution is 5.78. The minimum Gasteiger partial charge on any atom is -0.338 e. The van der Waals surface area contributed by atoms with E-state index in [1.807, 2.05) is 21.9 Å². The van der Waals surface area contributed by atoms with Crippen LogP contribution >= 0.6 is 0 Å². The maximum absolute atomic E-state index is 12.6. The van der Waals surface area contributed by atoms with Crippen LogP contribution < -0.4 is 5.32 Å². The van der Waals surface area contributed by atoms with Gasteiger partial charge in [-0.2, -0.15) is 0 Å². The van der Waals surface area contributed by atoms with Crippen LogP contribution in [-0.2, 0) is 17.9 Å². The fourth-order valence-corrected chi connectivity index (χ4v) is 4.76. The molecule has 0 unspecified atom stereocenters. The summed E-state index contributed by atoms with van der Waals surface area (Å²) in [5.74, 6) is 0.246. The van der Waals surface area contributed by atoms with Gasteiger partial charge in [-0.3, -0.25) is 4.79 Å². The van der Waals surface area contributed by atoms with Crippen molar-refractivity contribution < 1.29 is 9.59 Å². The van der Waals surface area contributed by atoms with E-state index in [0.29, 0.717) is 25.6 Å². The number of likely N-dealkylation sites (tertiary alicyclic amines) is 3. The topological polar surface area (TPSA) is 55.9 Å². The van der Waals surface area contributed by atoms with Gasteiger partial charge in [-0.1, -0.05) is 24.3 Å². The zero-order chi connectivity index (χ0) is 19.3. The molecule has 1 N–H and O–H groups in total. The highest BCUT2D eigenvalue weighted by atomic mass is 16.2. The van der Waals surface area contributed by atoms with Gasteiger partial charge in [0.05, 0.1) is 0 Å². The Labute approximate surface area is 167 Å². The molecular formula is C22H32N4O2. The maximum Gasteiger partial charge on any atom is 0.317 e. The summed E-state index contributed by atoms with van der Waals surface area (Å²) in [5, 5.41) is 3.08. The molecule has 3 aliphatic rings. The van der Waals surface area contributed by atoms with Crippen molar-refractivity contribution in [3.8, 4) is 0 Å². The number of amides is 3. The first-order chi connectivity index (χ1) is 13.7. The van der Waals surface area contributed by atoms with Crippen LogP contribution in [0.2, 0.25) is 0 Å². The smallest absolute Gasteiger partial charge is 0.317 e. The fraction of sp³-hybridized carbons (Fsp3) is 0.636. The molecule has 0 aliphatic carbocycles. The van der Waals surface area contributed by atoms with E-state index >= 15 is 0 Å². The van der Waals surface area contributed by atoms with Crippen LogP contribution in [0.4, 0.5) is 4.79 Å². The fourth-order valence-electron chi connectivity index (χ4n) is 4.76. The summed E-state index contributed by atoms with van der Waals surface area (Å²) >= 11 is 0. The Hall–Kier alpha value is -2.08. The molecule has 3 saturated heterocycles. The van der Waals surface area contributed by atoms with Crippen LogP contribution in [0, 0.1) is 0 Å². The molecule has 0 radical (unpaired) electrons. The van der Waals surface area contributed by atoms with Crippen LogP contribution in [0.3, 0.4) is 0 Å². The van der Waals surface area contributed by atoms with E-state index in [0.717, 1.165) is 50.0 Å². The van der Waals surface area contributed by atoms with Gasteiger partial charge in [-0.05, 0) is 56.3 Å². The van der Waals surface area contributed by atoms with E-state index in [4.69, 9.17) is 0 Å². The predicted octanol–water partition coefficient (Wildman–Crippen LogP) is 2.58. The number of hydrogen-bond acceptors (Lipinski definition) is 3. The molecule has 0 spiro atoms. The lowest BCUT2D eigenvalue weighted by molar-refractivity contribution is -0.128. The predicted molar refractivity (Wildman–Crippen MR) is 109 cm³/mol. The third-order valence-corrected chi connectivity index (χ3v) is 6.39. The SMILES string of the molecule is O=C1CCCN1Cc1cccc(CNC(=O)N2CCC(N3CCCC3)CC2)c1. The summed E-state index contributed by atoms with van der Waals surface area (Å²) in [4.78, 5) is 30.9. The van der Waals surface area contributed by atoms with E-state index in [-0.39, 0.29) is 11.9 Å². The van der Waals surface area contributed by atoms with Crippen molar-refractivity contribution in [3.63, 3.8) is 0 Å². The average molecular weight is 385 g/mol. The average Bonchev–Trinajstić information content (AvgIpc) is 3.39. The molecule has 3 fully saturated rings. The van der Waals surface area contributed by atoms with E-state index in [2.05, 4.69) is 22.3 Å². The molecule has 0 atom stereocenters. The van der Waals surface area contributed by atoms with Crippen LogP contribution in [0.5, 0.6) is 0 Å². The first-order valence-corrected chi connectivity index (χ1v) is 10.8. The number of carbonyl (C=O) groups excluding carboxylic acids is 2. The van der Waals surface area contributed by atoms with Gasteiger partial charge >= 0.3 is 6.03 Å². The van der Waals surface area contributed by atoms with Crippen molar-refractivity contribution in [3.05, 3.63) is 35.4 Å². The summed E-state index contributed by atoms with van der Waals surface area (Å²) in [6, 6.07) is 8.91. The Bertz CT molecular complexity index is 694. The van der Waals surface area contributed by atoms with Gasteiger partial charge in [0.15, 0.2) is 0 Å². The molecule has 6 heteroatoms. The lowest BCUT2D eigenvalue weighted by Gasteiger charge is -2.36. The second-order valence-electron chi connectivity index (χ2n) is 8.36. The summed E-state index contributed by atoms with van der Waals surface area (Å²) in [6.45, 7) is 6.23. The van der Waals surface area contributed by atoms with Gasteiger partial charge in [-0.25, -0.2) is 4.79 Å². The minimum absolute atomic E-state index is 0.0417. The summed E-state index contributed by atoms with van der Waals surface area (Å²) in [7, 11) is 0. The molecule has 6 nitrogen and oxygen atoms in total. The third kappa shape index (κ3) is 4.66. The maximum atomic E-state index is 12.6. The van der Waals surface area contributed by atoms with Crippen LogP contribution in [0.1, 0.15) is 49.7 Å². The summed E-state index contributed by atoms with van der Waals surface area (Å²) in [5.41, 5.74) is 2.22. The van der Waals surface area contributed by atoms with Crippen molar-refractivity contribution in [1.29, 1.82) is 0 Å². The zero-order valence-electron chi connectivity index (χ0n) is 16.7. The second kappa shape index (κ2) is 8.95. The molecule has 3 heterocycles. The lowest BCUT2D eigenvalue weighted by Crippen LogP contribution is -2.48. The highest BCUT2D eigenvalue weighted by Crippen LogP contribution is 2.21. The summed E-state index contributed by atoms with van der Waals surface area (Å²) in [6.07, 6.45) is 6.46. The Morgan fingerprint density at radius 2 is 1.75 bits per heavy atom. The van der Waals surface area contributed by atoms with Gasteiger partial charge in [0, 0.05) is 45.2 Å². The second-order valence-corrected chi connectivity index (χ2v) is 8.36. The van der Waals surface area contributed by atoms with Gasteiger partial charge in [0.25, 0.3) is 0 Å². The van der Waals surface area contributed by atoms with Gasteiger partial charge in [0.1, 0.15) is 0 Å². The van der Waals surface area contributed by atoms with Crippen LogP contribution in [0.15, 0.2) is 24.3 Å². The highest BCUT2D eigenvalue weighted by Gasteiger charge is 2.28. The molecule has 0 bridgehead atoms. The Morgan fingerprint density at radius 3 is 2.46 bits per heavy atom. The van der Waals surface area contributed by atoms with Crippen LogP contribution in [-0.4, -0.2) is 65.4 Å². The molecular weight excluding hydrogens is 352 g/mol. The Kier molecular flexibility index (Phi) is 6.15. The molecule has 152 valence electrons. The number of urea groups is 1. The number of piperidine rings is 1. The van der Waals surface area contributed by atoms with Crippen molar-refractivity contribution in [2.24, 2.45) is 0 Å². The van der Waals surface area contributed by atoms with Crippen molar-refractivity contribution in [2.45, 2.75) is 57.7 Å². The van der Waals surface area contributed by atoms with Crippen LogP contribution in [0.25, 0.3) is 0 Å². The molecule has 3 aliphatic heterocycles. The van der Waals surface area contributed by atoms with Gasteiger partial charge in [0.2, 0.25) is 5.91 Å². The molecule has 1 aromatic carbocycles. The number of nitrogens with zero attached hydrogens (tertiary/aromatic N) is 3. The Balaban J connectivity index is 1.23. The van der Waals surface area contributed by atoms with E-state index in [1.54, 1.807) is 0 Å². The molecule has 4 rings (SSSR count). The largest absolute Gasteiger partial charge is 0.338 e. The van der Waals surface area contributed by atoms with Gasteiger partial charge in [-0.15, -0.1) is 0 Å². The number of carbonyl (C=O) groups is 2. The molecule has 1 aromatic rings. The third-order valence-electron chi connectivity index (χ3n) is 6.39. The summed E-state index contributed by atoms with van der Waals surface area (Å²) < 4.78 is 0. The first-order valence-electron chi connectivity index (χ1n) is 10.8. The number of benzene rings is 1. The minimum atomic E-state index is 0.0417. The molecule has 3 amide bonds. The standard InChI is InChI=1S/C22H32N4O2/c27-21-7-4-12-26(21)17-19-6-3-5-18(15-19)16-23-22(28)25-13-8-20(9-14-25)24-10-1-2-11-24/h3,5-6,15,20H,1-2,4,7-14,16-17H2,(H,23,28). The number of hydrogen-bond donors (Lipinski definition) is 1. The monoisotopic (exact) mass is 384 g/mol. The zero-order valence-corrected chi connectivity index (χ0v) is 16.7. The first kappa shape index (κ1) is 19.2. The van der Waals surface area contributed by atoms with Crippen molar-refractivity contribution >= 4 is 11.9 Å². The normalized spacial score (nSPS) is 21.5. The van der Waals surface area contributed by atoms with E-state index < -0.39 is 0 Å². The lowest BCUT2D eigenvalue weighted by atomic mass is 10.0. The van der Waals surface area contributed by atoms with Crippen molar-refractivity contribution in [2.75, 3.05) is 32.7 Å². The quantitative estimate of drug-likeness (QED) is 0.849. The number of nitrogens with one attached hydrogen (secondary N) is 1. The molecule has 0 aromatic heterocycles. The van der Waals surface area contributed by atoms with E-state index in [1.165, 1.54) is 25.9 Å². The Morgan fingerprint density at radius 1 is 1.00 bits per heavy atom.